The minimum Gasteiger partial charge on any atom is -0.492 e. The first-order valence-electron chi connectivity index (χ1n) is 10.3. The maximum Gasteiger partial charge on any atom is 0.349 e. The second-order valence-corrected chi connectivity index (χ2v) is 8.10. The monoisotopic (exact) mass is 445 g/mol. The molecule has 0 amide bonds. The van der Waals surface area contributed by atoms with Gasteiger partial charge in [0.1, 0.15) is 11.6 Å². The molecule has 0 bridgehead atoms. The summed E-state index contributed by atoms with van der Waals surface area (Å²) in [6, 6.07) is 16.0. The van der Waals surface area contributed by atoms with E-state index in [-0.39, 0.29) is 4.88 Å². The fourth-order valence-electron chi connectivity index (χ4n) is 3.60. The van der Waals surface area contributed by atoms with Crippen LogP contribution in [0.4, 0.5) is 5.82 Å². The normalized spacial score (nSPS) is 10.8. The van der Waals surface area contributed by atoms with Crippen molar-refractivity contribution in [3.63, 3.8) is 0 Å². The third kappa shape index (κ3) is 4.48. The van der Waals surface area contributed by atoms with Crippen molar-refractivity contribution in [2.75, 3.05) is 18.5 Å². The fourth-order valence-corrected chi connectivity index (χ4v) is 4.48. The van der Waals surface area contributed by atoms with Crippen molar-refractivity contribution in [2.24, 2.45) is 0 Å². The number of rotatable bonds is 9. The van der Waals surface area contributed by atoms with E-state index in [0.29, 0.717) is 35.4 Å². The van der Waals surface area contributed by atoms with Crippen molar-refractivity contribution < 1.29 is 14.6 Å². The number of carboxylic acid groups (broad SMARTS) is 1. The summed E-state index contributed by atoms with van der Waals surface area (Å²) in [5.74, 6) is 0.465. The number of hydrogen-bond donors (Lipinski definition) is 2. The topological polar surface area (TPSA) is 84.3 Å². The van der Waals surface area contributed by atoms with Gasteiger partial charge in [-0.25, -0.2) is 14.8 Å². The van der Waals surface area contributed by atoms with E-state index in [1.807, 2.05) is 25.1 Å². The Morgan fingerprint density at radius 3 is 2.88 bits per heavy atom. The van der Waals surface area contributed by atoms with E-state index in [4.69, 9.17) is 4.74 Å². The third-order valence-corrected chi connectivity index (χ3v) is 6.13. The number of carboxylic acids is 1. The smallest absolute Gasteiger partial charge is 0.349 e. The molecule has 0 atom stereocenters. The molecule has 0 fully saturated rings. The number of benzene rings is 2. The zero-order chi connectivity index (χ0) is 22.5. The number of carbonyl (C=O) groups is 1. The van der Waals surface area contributed by atoms with E-state index < -0.39 is 5.97 Å². The van der Waals surface area contributed by atoms with Crippen molar-refractivity contribution in [3.8, 4) is 16.5 Å². The Labute approximate surface area is 190 Å². The third-order valence-electron chi connectivity index (χ3n) is 5.03. The summed E-state index contributed by atoms with van der Waals surface area (Å²) in [5.41, 5.74) is 2.36. The second kappa shape index (κ2) is 9.62. The van der Waals surface area contributed by atoms with E-state index in [1.54, 1.807) is 18.3 Å². The lowest BCUT2D eigenvalue weighted by Crippen LogP contribution is -2.08. The van der Waals surface area contributed by atoms with E-state index in [0.717, 1.165) is 23.3 Å². The zero-order valence-electron chi connectivity index (χ0n) is 17.7. The van der Waals surface area contributed by atoms with Crippen molar-refractivity contribution in [1.82, 2.24) is 9.97 Å². The molecule has 0 radical (unpaired) electrons. The lowest BCUT2D eigenvalue weighted by molar-refractivity contribution is 0.0698. The highest BCUT2D eigenvalue weighted by Crippen LogP contribution is 2.35. The highest BCUT2D eigenvalue weighted by atomic mass is 32.1. The molecular weight excluding hydrogens is 422 g/mol. The average Bonchev–Trinajstić information content (AvgIpc) is 3.24. The summed E-state index contributed by atoms with van der Waals surface area (Å²) in [7, 11) is 0. The van der Waals surface area contributed by atoms with Gasteiger partial charge in [-0.3, -0.25) is 0 Å². The number of thiophene rings is 1. The van der Waals surface area contributed by atoms with E-state index in [1.165, 1.54) is 16.3 Å². The van der Waals surface area contributed by atoms with Crippen molar-refractivity contribution in [2.45, 2.75) is 13.3 Å². The predicted octanol–water partition coefficient (Wildman–Crippen LogP) is 5.75. The molecule has 4 rings (SSSR count). The fraction of sp³-hybridized carbons (Fsp3) is 0.160. The lowest BCUT2D eigenvalue weighted by atomic mass is 9.97. The molecule has 2 aromatic heterocycles. The van der Waals surface area contributed by atoms with E-state index in [9.17, 15) is 9.90 Å². The van der Waals surface area contributed by atoms with Gasteiger partial charge in [-0.2, -0.15) is 0 Å². The molecule has 6 nitrogen and oxygen atoms in total. The molecule has 162 valence electrons. The van der Waals surface area contributed by atoms with Gasteiger partial charge in [0, 0.05) is 18.8 Å². The molecule has 0 saturated carbocycles. The van der Waals surface area contributed by atoms with Crippen LogP contribution in [0.3, 0.4) is 0 Å². The number of anilines is 1. The Kier molecular flexibility index (Phi) is 6.47. The van der Waals surface area contributed by atoms with Gasteiger partial charge >= 0.3 is 5.97 Å². The van der Waals surface area contributed by atoms with Gasteiger partial charge in [-0.1, -0.05) is 49.1 Å². The van der Waals surface area contributed by atoms with Crippen LogP contribution in [0.15, 0.2) is 61.3 Å². The zero-order valence-corrected chi connectivity index (χ0v) is 18.5. The Hall–Kier alpha value is -3.71. The molecular formula is C25H23N3O3S. The molecule has 4 aromatic rings. The largest absolute Gasteiger partial charge is 0.492 e. The van der Waals surface area contributed by atoms with Crippen molar-refractivity contribution >= 4 is 40.0 Å². The van der Waals surface area contributed by atoms with Crippen LogP contribution in [-0.4, -0.2) is 34.2 Å². The number of fused-ring (bicyclic) bond motifs is 1. The highest BCUT2D eigenvalue weighted by Gasteiger charge is 2.19. The van der Waals surface area contributed by atoms with Gasteiger partial charge in [-0.05, 0) is 41.3 Å². The number of nitrogens with one attached hydrogen (secondary N) is 1. The number of aromatic nitrogens is 2. The highest BCUT2D eigenvalue weighted by molar-refractivity contribution is 7.17. The first-order valence-corrected chi connectivity index (χ1v) is 11.1. The lowest BCUT2D eigenvalue weighted by Gasteiger charge is -2.11. The maximum atomic E-state index is 11.5. The number of hydrogen-bond acceptors (Lipinski definition) is 6. The van der Waals surface area contributed by atoms with Crippen molar-refractivity contribution in [3.05, 3.63) is 77.3 Å². The van der Waals surface area contributed by atoms with Gasteiger partial charge in [0.2, 0.25) is 0 Å². The van der Waals surface area contributed by atoms with Crippen LogP contribution in [0, 0.1) is 0 Å². The summed E-state index contributed by atoms with van der Waals surface area (Å²) < 4.78 is 5.45. The van der Waals surface area contributed by atoms with Crippen LogP contribution in [0.1, 0.15) is 27.7 Å². The van der Waals surface area contributed by atoms with Crippen LogP contribution in [0.2, 0.25) is 0 Å². The average molecular weight is 446 g/mol. The molecule has 2 heterocycles. The maximum absolute atomic E-state index is 11.5. The number of ether oxygens (including phenoxy) is 1. The first-order chi connectivity index (χ1) is 15.6. The summed E-state index contributed by atoms with van der Waals surface area (Å²) >= 11 is 1.11. The standard InChI is InChI=1S/C25H23N3O3S/c1-3-18-17(10-9-16-7-5-6-8-19(16)18)11-13-26-22-12-14-27-24(28-22)21-15-20(31-4-2)23(32-21)25(29)30/h3,5-10,12,14-15H,1,4,11,13H2,2H3,(H,29,30)(H,26,27,28). The Morgan fingerprint density at radius 2 is 2.09 bits per heavy atom. The van der Waals surface area contributed by atoms with Gasteiger partial charge in [-0.15, -0.1) is 11.3 Å². The summed E-state index contributed by atoms with van der Waals surface area (Å²) in [5, 5.41) is 15.1. The summed E-state index contributed by atoms with van der Waals surface area (Å²) in [6.45, 7) is 6.89. The Balaban J connectivity index is 1.50. The molecule has 32 heavy (non-hydrogen) atoms. The van der Waals surface area contributed by atoms with Crippen LogP contribution < -0.4 is 10.1 Å². The summed E-state index contributed by atoms with van der Waals surface area (Å²) in [6.07, 6.45) is 4.38. The molecule has 0 saturated heterocycles. The van der Waals surface area contributed by atoms with Gasteiger partial charge < -0.3 is 15.2 Å². The quantitative estimate of drug-likeness (QED) is 0.341. The van der Waals surface area contributed by atoms with Crippen LogP contribution in [0.25, 0.3) is 27.6 Å². The van der Waals surface area contributed by atoms with Crippen molar-refractivity contribution in [1.29, 1.82) is 0 Å². The summed E-state index contributed by atoms with van der Waals surface area (Å²) in [4.78, 5) is 21.2. The molecule has 0 aliphatic heterocycles. The molecule has 2 N–H and O–H groups in total. The molecule has 2 aromatic carbocycles. The molecule has 7 heteroatoms. The number of aromatic carboxylic acids is 1. The molecule has 0 aliphatic carbocycles. The SMILES string of the molecule is C=Cc1c(CCNc2ccnc(-c3cc(OCC)c(C(=O)O)s3)n2)ccc2ccccc12. The minimum atomic E-state index is -1.02. The molecule has 0 unspecified atom stereocenters. The Bertz CT molecular complexity index is 1280. The van der Waals surface area contributed by atoms with Gasteiger partial charge in [0.25, 0.3) is 0 Å². The number of nitrogens with zero attached hydrogens (tertiary/aromatic N) is 2. The molecule has 0 aliphatic rings. The van der Waals surface area contributed by atoms with E-state index >= 15 is 0 Å². The second-order valence-electron chi connectivity index (χ2n) is 7.05. The van der Waals surface area contributed by atoms with Gasteiger partial charge in [0.15, 0.2) is 10.7 Å². The minimum absolute atomic E-state index is 0.150. The Morgan fingerprint density at radius 1 is 1.25 bits per heavy atom. The van der Waals surface area contributed by atoms with Crippen LogP contribution >= 0.6 is 11.3 Å². The van der Waals surface area contributed by atoms with Crippen LogP contribution in [0.5, 0.6) is 5.75 Å². The molecule has 0 spiro atoms. The predicted molar refractivity (Wildman–Crippen MR) is 130 cm³/mol. The van der Waals surface area contributed by atoms with E-state index in [2.05, 4.69) is 46.1 Å². The van der Waals surface area contributed by atoms with Gasteiger partial charge in [0.05, 0.1) is 11.5 Å². The first kappa shape index (κ1) is 21.5. The van der Waals surface area contributed by atoms with Crippen LogP contribution in [-0.2, 0) is 6.42 Å².